The molecule has 0 fully saturated rings. The highest BCUT2D eigenvalue weighted by atomic mass is 35.5. The number of carbonyl (C=O) groups is 1. The SMILES string of the molecule is COc1cccc(C(=O)N(Cc2nc3nc(C)c(Cl)c(C)n3n2)c2ccc(C)cc2)c1. The number of aryl methyl sites for hydroxylation is 3. The monoisotopic (exact) mass is 435 g/mol. The molecule has 0 atom stereocenters. The van der Waals surface area contributed by atoms with E-state index in [-0.39, 0.29) is 12.5 Å². The lowest BCUT2D eigenvalue weighted by Gasteiger charge is -2.22. The van der Waals surface area contributed by atoms with E-state index in [1.165, 1.54) is 0 Å². The molecule has 2 aromatic carbocycles. The van der Waals surface area contributed by atoms with Crippen LogP contribution in [0, 0.1) is 20.8 Å². The summed E-state index contributed by atoms with van der Waals surface area (Å²) < 4.78 is 6.89. The minimum atomic E-state index is -0.180. The summed E-state index contributed by atoms with van der Waals surface area (Å²) in [5.74, 6) is 1.35. The zero-order valence-electron chi connectivity index (χ0n) is 17.8. The second-order valence-corrected chi connectivity index (χ2v) is 7.67. The van der Waals surface area contributed by atoms with Crippen LogP contribution >= 0.6 is 11.6 Å². The van der Waals surface area contributed by atoms with Crippen LogP contribution in [0.2, 0.25) is 5.02 Å². The second kappa shape index (κ2) is 8.35. The van der Waals surface area contributed by atoms with E-state index < -0.39 is 0 Å². The van der Waals surface area contributed by atoms with Crippen LogP contribution in [0.25, 0.3) is 5.78 Å². The van der Waals surface area contributed by atoms with E-state index in [0.29, 0.717) is 33.6 Å². The largest absolute Gasteiger partial charge is 0.497 e. The molecule has 0 radical (unpaired) electrons. The maximum Gasteiger partial charge on any atom is 0.258 e. The Kier molecular flexibility index (Phi) is 5.61. The highest BCUT2D eigenvalue weighted by molar-refractivity contribution is 6.31. The van der Waals surface area contributed by atoms with Crippen molar-refractivity contribution in [2.45, 2.75) is 27.3 Å². The van der Waals surface area contributed by atoms with Crippen molar-refractivity contribution < 1.29 is 9.53 Å². The van der Waals surface area contributed by atoms with Gasteiger partial charge in [-0.2, -0.15) is 9.50 Å². The smallest absolute Gasteiger partial charge is 0.258 e. The van der Waals surface area contributed by atoms with Gasteiger partial charge in [0.25, 0.3) is 11.7 Å². The molecule has 7 nitrogen and oxygen atoms in total. The first-order valence-electron chi connectivity index (χ1n) is 9.78. The van der Waals surface area contributed by atoms with Gasteiger partial charge in [0.15, 0.2) is 5.82 Å². The number of benzene rings is 2. The summed E-state index contributed by atoms with van der Waals surface area (Å²) in [5, 5.41) is 5.09. The standard InChI is InChI=1S/C23H22ClN5O2/c1-14-8-10-18(11-9-14)28(22(30)17-6-5-7-19(12-17)31-4)13-20-26-23-25-15(2)21(24)16(3)29(23)27-20/h5-12H,13H2,1-4H3. The van der Waals surface area contributed by atoms with Crippen molar-refractivity contribution in [2.24, 2.45) is 0 Å². The first kappa shape index (κ1) is 20.8. The molecule has 0 N–H and O–H groups in total. The van der Waals surface area contributed by atoms with Gasteiger partial charge >= 0.3 is 0 Å². The van der Waals surface area contributed by atoms with Crippen molar-refractivity contribution in [3.8, 4) is 5.75 Å². The average molecular weight is 436 g/mol. The molecule has 0 aliphatic carbocycles. The van der Waals surface area contributed by atoms with Crippen LogP contribution in [-0.4, -0.2) is 32.6 Å². The number of halogens is 1. The van der Waals surface area contributed by atoms with Gasteiger partial charge in [-0.1, -0.05) is 35.4 Å². The van der Waals surface area contributed by atoms with Crippen molar-refractivity contribution >= 4 is 29.0 Å². The summed E-state index contributed by atoms with van der Waals surface area (Å²) in [6.45, 7) is 5.87. The van der Waals surface area contributed by atoms with Gasteiger partial charge in [-0.25, -0.2) is 4.98 Å². The fourth-order valence-electron chi connectivity index (χ4n) is 3.32. The molecule has 0 spiro atoms. The Morgan fingerprint density at radius 3 is 2.55 bits per heavy atom. The van der Waals surface area contributed by atoms with Gasteiger partial charge in [-0.05, 0) is 51.1 Å². The van der Waals surface area contributed by atoms with Gasteiger partial charge in [-0.15, -0.1) is 5.10 Å². The Bertz CT molecular complexity index is 1270. The van der Waals surface area contributed by atoms with Gasteiger partial charge < -0.3 is 9.64 Å². The number of rotatable bonds is 5. The third-order valence-electron chi connectivity index (χ3n) is 5.06. The van der Waals surface area contributed by atoms with E-state index in [9.17, 15) is 4.79 Å². The Morgan fingerprint density at radius 1 is 1.10 bits per heavy atom. The van der Waals surface area contributed by atoms with Crippen molar-refractivity contribution in [3.63, 3.8) is 0 Å². The number of amides is 1. The first-order valence-corrected chi connectivity index (χ1v) is 10.2. The van der Waals surface area contributed by atoms with Crippen molar-refractivity contribution in [3.05, 3.63) is 81.9 Å². The molecule has 0 unspecified atom stereocenters. The van der Waals surface area contributed by atoms with E-state index in [4.69, 9.17) is 16.3 Å². The maximum absolute atomic E-state index is 13.5. The van der Waals surface area contributed by atoms with Crippen LogP contribution in [-0.2, 0) is 6.54 Å². The minimum Gasteiger partial charge on any atom is -0.497 e. The molecule has 1 amide bonds. The normalized spacial score (nSPS) is 11.0. The summed E-state index contributed by atoms with van der Waals surface area (Å²) in [6.07, 6.45) is 0. The van der Waals surface area contributed by atoms with E-state index in [1.54, 1.807) is 40.8 Å². The summed E-state index contributed by atoms with van der Waals surface area (Å²) in [6, 6.07) is 14.8. The van der Waals surface area contributed by atoms with Crippen LogP contribution < -0.4 is 9.64 Å². The number of methoxy groups -OCH3 is 1. The van der Waals surface area contributed by atoms with Crippen LogP contribution in [0.15, 0.2) is 48.5 Å². The topological polar surface area (TPSA) is 72.6 Å². The fourth-order valence-corrected chi connectivity index (χ4v) is 3.44. The highest BCUT2D eigenvalue weighted by Gasteiger charge is 2.22. The lowest BCUT2D eigenvalue weighted by atomic mass is 10.1. The molecule has 0 saturated heterocycles. The Hall–Kier alpha value is -3.45. The minimum absolute atomic E-state index is 0.179. The molecule has 0 bridgehead atoms. The van der Waals surface area contributed by atoms with Gasteiger partial charge in [0, 0.05) is 11.3 Å². The number of hydrogen-bond donors (Lipinski definition) is 0. The zero-order valence-corrected chi connectivity index (χ0v) is 18.5. The zero-order chi connectivity index (χ0) is 22.1. The van der Waals surface area contributed by atoms with Crippen molar-refractivity contribution in [1.29, 1.82) is 0 Å². The summed E-state index contributed by atoms with van der Waals surface area (Å²) >= 11 is 6.31. The van der Waals surface area contributed by atoms with Crippen molar-refractivity contribution in [2.75, 3.05) is 12.0 Å². The third kappa shape index (κ3) is 4.09. The van der Waals surface area contributed by atoms with Crippen LogP contribution in [0.3, 0.4) is 0 Å². The van der Waals surface area contributed by atoms with Gasteiger partial charge in [-0.3, -0.25) is 4.79 Å². The van der Waals surface area contributed by atoms with Gasteiger partial charge in [0.2, 0.25) is 0 Å². The molecule has 0 aliphatic heterocycles. The van der Waals surface area contributed by atoms with Gasteiger partial charge in [0.05, 0.1) is 30.1 Å². The summed E-state index contributed by atoms with van der Waals surface area (Å²) in [5.41, 5.74) is 3.80. The van der Waals surface area contributed by atoms with Crippen LogP contribution in [0.4, 0.5) is 5.69 Å². The molecular weight excluding hydrogens is 414 g/mol. The number of anilines is 1. The van der Waals surface area contributed by atoms with E-state index in [0.717, 1.165) is 16.9 Å². The second-order valence-electron chi connectivity index (χ2n) is 7.30. The van der Waals surface area contributed by atoms with Crippen LogP contribution in [0.5, 0.6) is 5.75 Å². The number of ether oxygens (including phenoxy) is 1. The molecule has 0 saturated carbocycles. The summed E-state index contributed by atoms with van der Waals surface area (Å²) in [4.78, 5) is 24.1. The Balaban J connectivity index is 1.76. The Morgan fingerprint density at radius 2 is 1.84 bits per heavy atom. The number of nitrogens with zero attached hydrogens (tertiary/aromatic N) is 5. The lowest BCUT2D eigenvalue weighted by molar-refractivity contribution is 0.0984. The molecule has 31 heavy (non-hydrogen) atoms. The Labute approximate surface area is 185 Å². The number of carbonyl (C=O) groups excluding carboxylic acids is 1. The summed E-state index contributed by atoms with van der Waals surface area (Å²) in [7, 11) is 1.57. The lowest BCUT2D eigenvalue weighted by Crippen LogP contribution is -2.31. The fraction of sp³-hybridized carbons (Fsp3) is 0.217. The first-order chi connectivity index (χ1) is 14.9. The van der Waals surface area contributed by atoms with Crippen LogP contribution in [0.1, 0.15) is 33.1 Å². The van der Waals surface area contributed by atoms with Gasteiger partial charge in [0.1, 0.15) is 5.75 Å². The predicted molar refractivity (Wildman–Crippen MR) is 120 cm³/mol. The average Bonchev–Trinajstić information content (AvgIpc) is 3.18. The number of fused-ring (bicyclic) bond motifs is 1. The molecule has 2 aromatic heterocycles. The molecule has 4 aromatic rings. The predicted octanol–water partition coefficient (Wildman–Crippen LogP) is 4.56. The maximum atomic E-state index is 13.5. The molecule has 4 rings (SSSR count). The molecule has 8 heteroatoms. The van der Waals surface area contributed by atoms with E-state index in [2.05, 4.69) is 15.1 Å². The van der Waals surface area contributed by atoms with E-state index in [1.807, 2.05) is 45.0 Å². The molecule has 158 valence electrons. The highest BCUT2D eigenvalue weighted by Crippen LogP contribution is 2.23. The number of hydrogen-bond acceptors (Lipinski definition) is 5. The third-order valence-corrected chi connectivity index (χ3v) is 5.61. The van der Waals surface area contributed by atoms with E-state index >= 15 is 0 Å². The molecule has 0 aliphatic rings. The molecular formula is C23H22ClN5O2. The van der Waals surface area contributed by atoms with Crippen molar-refractivity contribution in [1.82, 2.24) is 19.6 Å². The number of aromatic nitrogens is 4. The molecule has 2 heterocycles. The quantitative estimate of drug-likeness (QED) is 0.459.